The molecule has 0 spiro atoms. The van der Waals surface area contributed by atoms with Gasteiger partial charge in [0, 0.05) is 12.6 Å². The number of carbonyl (C=O) groups excluding carboxylic acids is 2. The van der Waals surface area contributed by atoms with E-state index in [4.69, 9.17) is 4.74 Å². The van der Waals surface area contributed by atoms with Crippen molar-refractivity contribution in [1.82, 2.24) is 19.6 Å². The molecule has 0 saturated carbocycles. The molecule has 0 unspecified atom stereocenters. The van der Waals surface area contributed by atoms with Gasteiger partial charge in [-0.15, -0.1) is 0 Å². The van der Waals surface area contributed by atoms with Gasteiger partial charge in [-0.05, 0) is 31.5 Å². The Morgan fingerprint density at radius 2 is 2.03 bits per heavy atom. The molecule has 0 aliphatic rings. The fourth-order valence-electron chi connectivity index (χ4n) is 3.15. The molecule has 11 nitrogen and oxygen atoms in total. The average molecular weight is 412 g/mol. The molecule has 3 aromatic rings. The van der Waals surface area contributed by atoms with Crippen LogP contribution in [0.3, 0.4) is 0 Å². The van der Waals surface area contributed by atoms with Gasteiger partial charge in [-0.1, -0.05) is 12.1 Å². The number of anilines is 1. The molecule has 0 saturated heterocycles. The summed E-state index contributed by atoms with van der Waals surface area (Å²) in [5.41, 5.74) is 2.19. The van der Waals surface area contributed by atoms with Crippen LogP contribution in [0.4, 0.5) is 11.4 Å². The summed E-state index contributed by atoms with van der Waals surface area (Å²) in [6.07, 6.45) is 1.36. The number of rotatable bonds is 6. The van der Waals surface area contributed by atoms with Crippen molar-refractivity contribution in [3.63, 3.8) is 0 Å². The minimum atomic E-state index is -0.620. The van der Waals surface area contributed by atoms with Crippen LogP contribution in [0.15, 0.2) is 30.5 Å². The normalized spacial score (nSPS) is 10.7. The van der Waals surface area contributed by atoms with Crippen LogP contribution in [0.25, 0.3) is 0 Å². The van der Waals surface area contributed by atoms with E-state index in [1.165, 1.54) is 22.7 Å². The van der Waals surface area contributed by atoms with Crippen LogP contribution < -0.4 is 5.32 Å². The summed E-state index contributed by atoms with van der Waals surface area (Å²) in [4.78, 5) is 35.3. The first-order chi connectivity index (χ1) is 14.2. The fraction of sp³-hybridized carbons (Fsp3) is 0.263. The lowest BCUT2D eigenvalue weighted by molar-refractivity contribution is -0.386. The van der Waals surface area contributed by atoms with E-state index in [1.54, 1.807) is 45.2 Å². The number of carbonyl (C=O) groups is 2. The third-order valence-electron chi connectivity index (χ3n) is 4.61. The molecule has 0 atom stereocenters. The lowest BCUT2D eigenvalue weighted by Gasteiger charge is -2.08. The zero-order valence-corrected chi connectivity index (χ0v) is 16.9. The number of benzene rings is 1. The maximum Gasteiger partial charge on any atom is 0.358 e. The van der Waals surface area contributed by atoms with E-state index in [0.29, 0.717) is 17.0 Å². The summed E-state index contributed by atoms with van der Waals surface area (Å²) in [6.45, 7) is 3.48. The number of nitro groups is 1. The van der Waals surface area contributed by atoms with Crippen LogP contribution in [-0.2, 0) is 18.3 Å². The van der Waals surface area contributed by atoms with Crippen molar-refractivity contribution in [2.45, 2.75) is 20.4 Å². The average Bonchev–Trinajstić information content (AvgIpc) is 3.20. The van der Waals surface area contributed by atoms with E-state index in [0.717, 1.165) is 5.56 Å². The third kappa shape index (κ3) is 3.90. The number of ether oxygens (including phenoxy) is 1. The van der Waals surface area contributed by atoms with Gasteiger partial charge in [0.15, 0.2) is 5.69 Å². The summed E-state index contributed by atoms with van der Waals surface area (Å²) in [7, 11) is 2.81. The highest BCUT2D eigenvalue weighted by Gasteiger charge is 2.22. The number of hydrogen-bond acceptors (Lipinski definition) is 7. The standard InChI is InChI=1S/C19H20N6O5/c1-11-16(25(28)29)12(2)24(22-11)10-13-6-5-7-14(8-13)18(26)21-15-9-20-23(3)17(15)19(27)30-4/h5-9H,10H2,1-4H3,(H,21,26). The van der Waals surface area contributed by atoms with Gasteiger partial charge < -0.3 is 10.1 Å². The predicted molar refractivity (Wildman–Crippen MR) is 106 cm³/mol. The molecule has 1 amide bonds. The zero-order valence-electron chi connectivity index (χ0n) is 16.9. The molecule has 30 heavy (non-hydrogen) atoms. The molecule has 156 valence electrons. The maximum absolute atomic E-state index is 12.7. The monoisotopic (exact) mass is 412 g/mol. The Labute approximate surface area is 171 Å². The number of amides is 1. The lowest BCUT2D eigenvalue weighted by atomic mass is 10.1. The van der Waals surface area contributed by atoms with Crippen molar-refractivity contribution in [2.24, 2.45) is 7.05 Å². The maximum atomic E-state index is 12.7. The lowest BCUT2D eigenvalue weighted by Crippen LogP contribution is -2.16. The first-order valence-corrected chi connectivity index (χ1v) is 8.92. The fourth-order valence-corrected chi connectivity index (χ4v) is 3.15. The number of hydrogen-bond donors (Lipinski definition) is 1. The van der Waals surface area contributed by atoms with Gasteiger partial charge in [-0.3, -0.25) is 24.3 Å². The van der Waals surface area contributed by atoms with E-state index < -0.39 is 16.8 Å². The van der Waals surface area contributed by atoms with Crippen molar-refractivity contribution in [3.05, 3.63) is 68.8 Å². The first-order valence-electron chi connectivity index (χ1n) is 8.92. The molecular weight excluding hydrogens is 392 g/mol. The number of nitrogens with one attached hydrogen (secondary N) is 1. The highest BCUT2D eigenvalue weighted by Crippen LogP contribution is 2.23. The van der Waals surface area contributed by atoms with Crippen LogP contribution in [-0.4, -0.2) is 43.5 Å². The van der Waals surface area contributed by atoms with E-state index in [2.05, 4.69) is 15.5 Å². The summed E-state index contributed by atoms with van der Waals surface area (Å²) >= 11 is 0. The molecule has 2 aromatic heterocycles. The number of esters is 1. The van der Waals surface area contributed by atoms with Crippen molar-refractivity contribution < 1.29 is 19.2 Å². The molecule has 11 heteroatoms. The molecule has 1 aromatic carbocycles. The Hall–Kier alpha value is -4.02. The van der Waals surface area contributed by atoms with Crippen LogP contribution in [0.5, 0.6) is 0 Å². The van der Waals surface area contributed by atoms with Gasteiger partial charge in [0.2, 0.25) is 0 Å². The number of aromatic nitrogens is 4. The molecule has 3 rings (SSSR count). The van der Waals surface area contributed by atoms with Crippen molar-refractivity contribution in [1.29, 1.82) is 0 Å². The minimum absolute atomic E-state index is 0.0178. The molecule has 2 heterocycles. The Bertz CT molecular complexity index is 1150. The van der Waals surface area contributed by atoms with Crippen LogP contribution in [0.2, 0.25) is 0 Å². The summed E-state index contributed by atoms with van der Waals surface area (Å²) < 4.78 is 7.56. The largest absolute Gasteiger partial charge is 0.464 e. The summed E-state index contributed by atoms with van der Waals surface area (Å²) in [5.74, 6) is -1.06. The molecular formula is C19H20N6O5. The Balaban J connectivity index is 1.83. The topological polar surface area (TPSA) is 134 Å². The highest BCUT2D eigenvalue weighted by atomic mass is 16.6. The second kappa shape index (κ2) is 8.15. The number of nitrogens with zero attached hydrogens (tertiary/aromatic N) is 5. The second-order valence-corrected chi connectivity index (χ2v) is 6.61. The SMILES string of the molecule is COC(=O)c1c(NC(=O)c2cccc(Cn3nc(C)c([N+](=O)[O-])c3C)c2)cnn1C. The van der Waals surface area contributed by atoms with E-state index >= 15 is 0 Å². The Morgan fingerprint density at radius 1 is 1.30 bits per heavy atom. The van der Waals surface area contributed by atoms with Crippen molar-refractivity contribution in [2.75, 3.05) is 12.4 Å². The van der Waals surface area contributed by atoms with E-state index in [-0.39, 0.29) is 23.6 Å². The summed E-state index contributed by atoms with van der Waals surface area (Å²) in [6, 6.07) is 6.78. The third-order valence-corrected chi connectivity index (χ3v) is 4.61. The smallest absolute Gasteiger partial charge is 0.358 e. The molecule has 0 bridgehead atoms. The highest BCUT2D eigenvalue weighted by molar-refractivity contribution is 6.07. The van der Waals surface area contributed by atoms with Gasteiger partial charge in [0.05, 0.1) is 30.5 Å². The zero-order chi connectivity index (χ0) is 22.0. The van der Waals surface area contributed by atoms with Crippen molar-refractivity contribution in [3.8, 4) is 0 Å². The first kappa shape index (κ1) is 20.7. The molecule has 0 aliphatic heterocycles. The van der Waals surface area contributed by atoms with Crippen LogP contribution in [0.1, 0.15) is 37.8 Å². The van der Waals surface area contributed by atoms with Gasteiger partial charge in [-0.25, -0.2) is 4.79 Å². The van der Waals surface area contributed by atoms with E-state index in [1.807, 2.05) is 0 Å². The molecule has 0 fully saturated rings. The quantitative estimate of drug-likeness (QED) is 0.373. The molecule has 1 N–H and O–H groups in total. The number of aryl methyl sites for hydroxylation is 2. The van der Waals surface area contributed by atoms with E-state index in [9.17, 15) is 19.7 Å². The Morgan fingerprint density at radius 3 is 2.67 bits per heavy atom. The van der Waals surface area contributed by atoms with Gasteiger partial charge in [0.1, 0.15) is 11.4 Å². The summed E-state index contributed by atoms with van der Waals surface area (Å²) in [5, 5.41) is 22.0. The second-order valence-electron chi connectivity index (χ2n) is 6.61. The molecule has 0 aliphatic carbocycles. The predicted octanol–water partition coefficient (Wildman–Crippen LogP) is 2.23. The number of methoxy groups -OCH3 is 1. The molecule has 0 radical (unpaired) electrons. The minimum Gasteiger partial charge on any atom is -0.464 e. The van der Waals surface area contributed by atoms with Crippen LogP contribution in [0, 0.1) is 24.0 Å². The van der Waals surface area contributed by atoms with Gasteiger partial charge in [0.25, 0.3) is 5.91 Å². The van der Waals surface area contributed by atoms with Gasteiger partial charge in [-0.2, -0.15) is 10.2 Å². The van der Waals surface area contributed by atoms with Crippen molar-refractivity contribution >= 4 is 23.3 Å². The van der Waals surface area contributed by atoms with Gasteiger partial charge >= 0.3 is 11.7 Å². The Kier molecular flexibility index (Phi) is 5.63. The van der Waals surface area contributed by atoms with Crippen LogP contribution >= 0.6 is 0 Å².